The third-order valence-electron chi connectivity index (χ3n) is 10.6. The molecule has 0 aromatic rings. The molecule has 0 fully saturated rings. The van der Waals surface area contributed by atoms with E-state index in [1.54, 1.807) is 0 Å². The van der Waals surface area contributed by atoms with E-state index in [1.165, 1.54) is 103 Å². The van der Waals surface area contributed by atoms with Gasteiger partial charge in [0.05, 0.1) is 40.3 Å². The number of carboxylic acid groups (broad SMARTS) is 1. The van der Waals surface area contributed by atoms with Gasteiger partial charge >= 0.3 is 11.9 Å². The number of likely N-dealkylation sites (N-methyl/N-ethyl adjacent to an activating group) is 1. The molecule has 0 saturated heterocycles. The van der Waals surface area contributed by atoms with Crippen molar-refractivity contribution in [2.75, 3.05) is 47.5 Å². The van der Waals surface area contributed by atoms with Crippen LogP contribution in [0.25, 0.3) is 0 Å². The van der Waals surface area contributed by atoms with E-state index in [1.807, 2.05) is 33.3 Å². The van der Waals surface area contributed by atoms with Gasteiger partial charge in [0.15, 0.2) is 12.4 Å². The quantitative estimate of drug-likeness (QED) is 0.0195. The van der Waals surface area contributed by atoms with E-state index >= 15 is 0 Å². The molecule has 0 aliphatic rings. The maximum absolute atomic E-state index is 12.7. The number of unbranched alkanes of at least 4 members (excludes halogenated alkanes) is 17. The van der Waals surface area contributed by atoms with Gasteiger partial charge in [-0.25, -0.2) is 0 Å². The lowest BCUT2D eigenvalue weighted by molar-refractivity contribution is -0.870. The molecule has 0 heterocycles. The topological polar surface area (TPSA) is 111 Å². The van der Waals surface area contributed by atoms with Gasteiger partial charge in [0.25, 0.3) is 0 Å². The van der Waals surface area contributed by atoms with E-state index in [-0.39, 0.29) is 38.6 Å². The summed E-state index contributed by atoms with van der Waals surface area (Å²) in [5.41, 5.74) is 0. The fraction of sp³-hybridized carbons (Fsp3) is 0.696. The Morgan fingerprint density at radius 1 is 0.477 bits per heavy atom. The Morgan fingerprint density at radius 2 is 0.908 bits per heavy atom. The number of allylic oxidation sites excluding steroid dienone is 14. The Morgan fingerprint density at radius 3 is 1.37 bits per heavy atom. The molecule has 65 heavy (non-hydrogen) atoms. The summed E-state index contributed by atoms with van der Waals surface area (Å²) in [6.07, 6.45) is 58.0. The average molecular weight is 910 g/mol. The van der Waals surface area contributed by atoms with Gasteiger partial charge in [-0.3, -0.25) is 9.59 Å². The number of carbonyl (C=O) groups is 3. The Kier molecular flexibility index (Phi) is 44.4. The van der Waals surface area contributed by atoms with Crippen molar-refractivity contribution in [1.82, 2.24) is 0 Å². The normalized spacial score (nSPS) is 13.6. The van der Waals surface area contributed by atoms with Crippen LogP contribution in [0.5, 0.6) is 0 Å². The number of rotatable bonds is 46. The Hall–Kier alpha value is -3.53. The van der Waals surface area contributed by atoms with Gasteiger partial charge in [0, 0.05) is 12.8 Å². The van der Waals surface area contributed by atoms with Crippen molar-refractivity contribution in [2.24, 2.45) is 0 Å². The molecule has 2 atom stereocenters. The predicted octanol–water partition coefficient (Wildman–Crippen LogP) is 13.1. The lowest BCUT2D eigenvalue weighted by atomic mass is 10.0. The third kappa shape index (κ3) is 48.2. The van der Waals surface area contributed by atoms with Crippen molar-refractivity contribution >= 4 is 17.9 Å². The average Bonchev–Trinajstić information content (AvgIpc) is 3.27. The van der Waals surface area contributed by atoms with E-state index in [0.717, 1.165) is 57.8 Å². The molecule has 0 N–H and O–H groups in total. The highest BCUT2D eigenvalue weighted by atomic mass is 16.7. The van der Waals surface area contributed by atoms with Crippen LogP contribution in [-0.4, -0.2) is 82.3 Å². The molecular formula is C56H95NO8. The van der Waals surface area contributed by atoms with Crippen molar-refractivity contribution in [3.8, 4) is 0 Å². The number of esters is 2. The van der Waals surface area contributed by atoms with Crippen molar-refractivity contribution in [1.29, 1.82) is 0 Å². The van der Waals surface area contributed by atoms with Gasteiger partial charge in [-0.05, 0) is 77.0 Å². The minimum atomic E-state index is -1.64. The zero-order valence-electron chi connectivity index (χ0n) is 42.1. The number of ether oxygens (including phenoxy) is 4. The molecule has 0 amide bonds. The number of aliphatic carboxylic acids is 1. The van der Waals surface area contributed by atoms with E-state index in [2.05, 4.69) is 86.8 Å². The number of carbonyl (C=O) groups excluding carboxylic acids is 3. The molecule has 372 valence electrons. The first-order valence-electron chi connectivity index (χ1n) is 25.7. The lowest BCUT2D eigenvalue weighted by Crippen LogP contribution is -2.44. The second kappa shape index (κ2) is 47.0. The first kappa shape index (κ1) is 61.5. The van der Waals surface area contributed by atoms with Crippen LogP contribution < -0.4 is 5.11 Å². The molecule has 0 aliphatic heterocycles. The minimum Gasteiger partial charge on any atom is -0.545 e. The molecule has 9 heteroatoms. The monoisotopic (exact) mass is 910 g/mol. The zero-order valence-corrected chi connectivity index (χ0v) is 42.1. The summed E-state index contributed by atoms with van der Waals surface area (Å²) in [6.45, 7) is 4.51. The summed E-state index contributed by atoms with van der Waals surface area (Å²) in [4.78, 5) is 37.0. The summed E-state index contributed by atoms with van der Waals surface area (Å²) >= 11 is 0. The molecule has 0 spiro atoms. The Balaban J connectivity index is 4.28. The first-order valence-corrected chi connectivity index (χ1v) is 25.7. The van der Waals surface area contributed by atoms with Gasteiger partial charge in [0.1, 0.15) is 13.2 Å². The van der Waals surface area contributed by atoms with Crippen LogP contribution in [0.2, 0.25) is 0 Å². The molecule has 0 saturated carbocycles. The van der Waals surface area contributed by atoms with E-state index in [9.17, 15) is 19.5 Å². The smallest absolute Gasteiger partial charge is 0.306 e. The van der Waals surface area contributed by atoms with Gasteiger partial charge in [-0.2, -0.15) is 0 Å². The van der Waals surface area contributed by atoms with Crippen molar-refractivity contribution in [3.05, 3.63) is 85.1 Å². The van der Waals surface area contributed by atoms with Gasteiger partial charge < -0.3 is 33.3 Å². The highest BCUT2D eigenvalue weighted by Gasteiger charge is 2.21. The molecule has 9 nitrogen and oxygen atoms in total. The van der Waals surface area contributed by atoms with Crippen molar-refractivity contribution in [2.45, 2.75) is 206 Å². The highest BCUT2D eigenvalue weighted by molar-refractivity contribution is 5.70. The van der Waals surface area contributed by atoms with Gasteiger partial charge in [0.2, 0.25) is 0 Å². The van der Waals surface area contributed by atoms with E-state index < -0.39 is 24.3 Å². The van der Waals surface area contributed by atoms with E-state index in [0.29, 0.717) is 17.4 Å². The maximum Gasteiger partial charge on any atom is 0.306 e. The molecule has 0 radical (unpaired) electrons. The van der Waals surface area contributed by atoms with Crippen molar-refractivity contribution in [3.63, 3.8) is 0 Å². The highest BCUT2D eigenvalue weighted by Crippen LogP contribution is 2.14. The number of hydrogen-bond acceptors (Lipinski definition) is 8. The van der Waals surface area contributed by atoms with Crippen LogP contribution in [0.1, 0.15) is 194 Å². The molecule has 0 aromatic carbocycles. The summed E-state index contributed by atoms with van der Waals surface area (Å²) in [5, 5.41) is 11.7. The fourth-order valence-corrected chi connectivity index (χ4v) is 6.67. The second-order valence-electron chi connectivity index (χ2n) is 18.1. The number of quaternary nitrogens is 1. The first-order chi connectivity index (χ1) is 31.6. The van der Waals surface area contributed by atoms with Crippen LogP contribution in [0.15, 0.2) is 85.1 Å². The van der Waals surface area contributed by atoms with Crippen LogP contribution >= 0.6 is 0 Å². The number of carboxylic acids is 1. The fourth-order valence-electron chi connectivity index (χ4n) is 6.67. The second-order valence-corrected chi connectivity index (χ2v) is 18.1. The number of hydrogen-bond donors (Lipinski definition) is 0. The molecule has 0 rings (SSSR count). The minimum absolute atomic E-state index is 0.122. The Labute approximate surface area is 398 Å². The predicted molar refractivity (Wildman–Crippen MR) is 269 cm³/mol. The summed E-state index contributed by atoms with van der Waals surface area (Å²) in [5.74, 6) is -2.40. The molecule has 0 aromatic heterocycles. The van der Waals surface area contributed by atoms with Gasteiger partial charge in [-0.1, -0.05) is 189 Å². The summed E-state index contributed by atoms with van der Waals surface area (Å²) in [7, 11) is 5.88. The molecule has 0 aliphatic carbocycles. The molecular weight excluding hydrogens is 815 g/mol. The number of nitrogens with zero attached hydrogens (tertiary/aromatic N) is 1. The van der Waals surface area contributed by atoms with Crippen molar-refractivity contribution < 1.29 is 42.9 Å². The lowest BCUT2D eigenvalue weighted by Gasteiger charge is -2.26. The van der Waals surface area contributed by atoms with E-state index in [4.69, 9.17) is 18.9 Å². The van der Waals surface area contributed by atoms with Crippen LogP contribution in [-0.2, 0) is 33.3 Å². The third-order valence-corrected chi connectivity index (χ3v) is 10.6. The molecule has 2 unspecified atom stereocenters. The Bertz CT molecular complexity index is 1340. The summed E-state index contributed by atoms with van der Waals surface area (Å²) in [6, 6.07) is 0. The standard InChI is InChI=1S/C56H95NO8/c1-6-8-10-12-14-16-18-20-21-22-23-24-25-26-27-28-29-30-31-32-33-35-36-38-40-42-44-46-53(58)63-50-52(51-64-56(55(60)61)62-49-48-57(3,4)5)65-54(59)47-45-43-41-39-37-34-19-17-15-13-11-9-7-2/h9,11,15,17-18,20,22-23,25-26,34,37,41,43,52,56H,6-8,10,12-14,16,19,21,24,27-33,35-36,38-40,42,44-51H2,1-5H3/b11-9-,17-15-,20-18-,23-22-,26-25-,37-34-,43-41-. The van der Waals surface area contributed by atoms with Gasteiger partial charge in [-0.15, -0.1) is 0 Å². The maximum atomic E-state index is 12.7. The van der Waals surface area contributed by atoms with Crippen LogP contribution in [0, 0.1) is 0 Å². The van der Waals surface area contributed by atoms with Crippen LogP contribution in [0.3, 0.4) is 0 Å². The summed E-state index contributed by atoms with van der Waals surface area (Å²) < 4.78 is 22.5. The SMILES string of the molecule is CC/C=C\C/C=C\C/C=C\C/C=C\CCC(=O)OC(COC(=O)CCCCCCCCCCCCCC/C=C\C/C=C\C/C=C\CCCCCCC)COC(OCC[N+](C)(C)C)C(=O)[O-]. The largest absolute Gasteiger partial charge is 0.545 e. The zero-order chi connectivity index (χ0) is 47.7. The van der Waals surface area contributed by atoms with Crippen LogP contribution in [0.4, 0.5) is 0 Å². The molecule has 0 bridgehead atoms.